The van der Waals surface area contributed by atoms with Crippen LogP contribution in [-0.4, -0.2) is 41.3 Å². The van der Waals surface area contributed by atoms with E-state index in [0.29, 0.717) is 0 Å². The summed E-state index contributed by atoms with van der Waals surface area (Å²) in [5.74, 6) is 1.07. The first-order valence-electron chi connectivity index (χ1n) is 8.83. The van der Waals surface area contributed by atoms with Crippen molar-refractivity contribution in [2.75, 3.05) is 24.5 Å². The van der Waals surface area contributed by atoms with Gasteiger partial charge in [0.25, 0.3) is 0 Å². The van der Waals surface area contributed by atoms with Gasteiger partial charge in [-0.1, -0.05) is 12.1 Å². The minimum atomic E-state index is 0.160. The van der Waals surface area contributed by atoms with E-state index in [-0.39, 0.29) is 11.7 Å². The molecule has 126 valence electrons. The molecule has 0 amide bonds. The predicted molar refractivity (Wildman–Crippen MR) is 96.0 cm³/mol. The van der Waals surface area contributed by atoms with Crippen molar-refractivity contribution in [2.45, 2.75) is 37.9 Å². The number of aryl methyl sites for hydroxylation is 1. The summed E-state index contributed by atoms with van der Waals surface area (Å²) in [6.07, 6.45) is 7.22. The minimum absolute atomic E-state index is 0.160. The quantitative estimate of drug-likeness (QED) is 0.903. The Bertz CT molecular complexity index is 681. The fourth-order valence-electron chi connectivity index (χ4n) is 4.10. The second-order valence-electron chi connectivity index (χ2n) is 6.90. The van der Waals surface area contributed by atoms with Crippen molar-refractivity contribution < 1.29 is 0 Å². The molecule has 0 radical (unpaired) electrons. The van der Waals surface area contributed by atoms with Crippen molar-refractivity contribution in [2.24, 2.45) is 0 Å². The number of nitrogens with one attached hydrogen (secondary N) is 2. The Balaban J connectivity index is 1.67. The molecule has 0 bridgehead atoms. The molecule has 5 heteroatoms. The third-order valence-corrected chi connectivity index (χ3v) is 5.42. The maximum Gasteiger partial charge on any atom is 0.130 e. The first kappa shape index (κ1) is 15.5. The second-order valence-corrected chi connectivity index (χ2v) is 6.90. The molecule has 0 aliphatic carbocycles. The average Bonchev–Trinajstić information content (AvgIpc) is 2.96. The number of rotatable bonds is 3. The van der Waals surface area contributed by atoms with Gasteiger partial charge in [0.15, 0.2) is 0 Å². The normalized spacial score (nSPS) is 22.9. The summed E-state index contributed by atoms with van der Waals surface area (Å²) in [4.78, 5) is 11.8. The van der Waals surface area contributed by atoms with Crippen LogP contribution in [-0.2, 0) is 6.42 Å². The third kappa shape index (κ3) is 2.78. The zero-order chi connectivity index (χ0) is 16.4. The van der Waals surface area contributed by atoms with Crippen LogP contribution in [0.1, 0.15) is 24.1 Å². The zero-order valence-electron chi connectivity index (χ0n) is 14.2. The Morgan fingerprint density at radius 2 is 1.96 bits per heavy atom. The summed E-state index contributed by atoms with van der Waals surface area (Å²) in [5.41, 5.74) is 2.58. The van der Waals surface area contributed by atoms with Gasteiger partial charge in [0, 0.05) is 31.1 Å². The Kier molecular flexibility index (Phi) is 4.21. The van der Waals surface area contributed by atoms with Crippen molar-refractivity contribution in [1.82, 2.24) is 20.6 Å². The SMILES string of the molecule is Cc1cccnc1CC1NCC2(CCNCC2)N1c1ccccn1. The molecule has 24 heavy (non-hydrogen) atoms. The van der Waals surface area contributed by atoms with Crippen LogP contribution in [0.5, 0.6) is 0 Å². The van der Waals surface area contributed by atoms with E-state index >= 15 is 0 Å². The van der Waals surface area contributed by atoms with Gasteiger partial charge in [-0.15, -0.1) is 0 Å². The van der Waals surface area contributed by atoms with E-state index in [1.165, 1.54) is 11.3 Å². The van der Waals surface area contributed by atoms with Gasteiger partial charge >= 0.3 is 0 Å². The maximum atomic E-state index is 4.67. The van der Waals surface area contributed by atoms with Crippen LogP contribution in [0.2, 0.25) is 0 Å². The van der Waals surface area contributed by atoms with Crippen LogP contribution >= 0.6 is 0 Å². The highest BCUT2D eigenvalue weighted by molar-refractivity contribution is 5.46. The standard InChI is InChI=1S/C19H25N5/c1-15-5-4-10-21-16(15)13-18-23-14-19(7-11-20-12-8-19)24(18)17-6-2-3-9-22-17/h2-6,9-10,18,20,23H,7-8,11-14H2,1H3. The molecule has 0 saturated carbocycles. The summed E-state index contributed by atoms with van der Waals surface area (Å²) >= 11 is 0. The smallest absolute Gasteiger partial charge is 0.130 e. The molecular weight excluding hydrogens is 298 g/mol. The summed E-state index contributed by atoms with van der Waals surface area (Å²) < 4.78 is 0. The molecule has 1 atom stereocenters. The topological polar surface area (TPSA) is 53.1 Å². The van der Waals surface area contributed by atoms with Crippen LogP contribution in [0.3, 0.4) is 0 Å². The molecule has 2 N–H and O–H groups in total. The Morgan fingerprint density at radius 3 is 2.71 bits per heavy atom. The first-order chi connectivity index (χ1) is 11.8. The first-order valence-corrected chi connectivity index (χ1v) is 8.83. The van der Waals surface area contributed by atoms with E-state index < -0.39 is 0 Å². The zero-order valence-corrected chi connectivity index (χ0v) is 14.2. The van der Waals surface area contributed by atoms with Crippen LogP contribution in [0.25, 0.3) is 0 Å². The van der Waals surface area contributed by atoms with Gasteiger partial charge in [-0.25, -0.2) is 4.98 Å². The average molecular weight is 323 g/mol. The summed E-state index contributed by atoms with van der Waals surface area (Å²) in [6, 6.07) is 10.3. The van der Waals surface area contributed by atoms with Crippen molar-refractivity contribution in [3.05, 3.63) is 54.0 Å². The molecule has 2 saturated heterocycles. The van der Waals surface area contributed by atoms with Crippen LogP contribution in [0.15, 0.2) is 42.7 Å². The number of aromatic nitrogens is 2. The molecule has 2 aliphatic rings. The summed E-state index contributed by atoms with van der Waals surface area (Å²) in [5, 5.41) is 7.25. The van der Waals surface area contributed by atoms with Gasteiger partial charge in [0.05, 0.1) is 11.7 Å². The van der Waals surface area contributed by atoms with Gasteiger partial charge in [0.1, 0.15) is 5.82 Å². The molecular formula is C19H25N5. The van der Waals surface area contributed by atoms with Crippen molar-refractivity contribution in [1.29, 1.82) is 0 Å². The second kappa shape index (κ2) is 6.49. The molecule has 2 fully saturated rings. The van der Waals surface area contributed by atoms with E-state index in [2.05, 4.69) is 50.6 Å². The van der Waals surface area contributed by atoms with Gasteiger partial charge < -0.3 is 10.2 Å². The lowest BCUT2D eigenvalue weighted by Gasteiger charge is -2.43. The molecule has 2 aromatic heterocycles. The number of pyridine rings is 2. The molecule has 0 aromatic carbocycles. The lowest BCUT2D eigenvalue weighted by molar-refractivity contribution is 0.320. The molecule has 4 heterocycles. The number of hydrogen-bond donors (Lipinski definition) is 2. The van der Waals surface area contributed by atoms with Gasteiger partial charge in [-0.3, -0.25) is 10.3 Å². The fraction of sp³-hybridized carbons (Fsp3) is 0.474. The number of nitrogens with zero attached hydrogens (tertiary/aromatic N) is 3. The molecule has 2 aromatic rings. The van der Waals surface area contributed by atoms with E-state index in [4.69, 9.17) is 0 Å². The Morgan fingerprint density at radius 1 is 1.12 bits per heavy atom. The van der Waals surface area contributed by atoms with Crippen LogP contribution < -0.4 is 15.5 Å². The van der Waals surface area contributed by atoms with Crippen LogP contribution in [0.4, 0.5) is 5.82 Å². The lowest BCUT2D eigenvalue weighted by Crippen LogP contribution is -2.55. The van der Waals surface area contributed by atoms with Gasteiger partial charge in [-0.05, 0) is 56.6 Å². The lowest BCUT2D eigenvalue weighted by atomic mass is 9.87. The maximum absolute atomic E-state index is 4.67. The van der Waals surface area contributed by atoms with E-state index in [9.17, 15) is 0 Å². The van der Waals surface area contributed by atoms with Gasteiger partial charge in [0.2, 0.25) is 0 Å². The monoisotopic (exact) mass is 323 g/mol. The summed E-state index contributed by atoms with van der Waals surface area (Å²) in [7, 11) is 0. The van der Waals surface area contributed by atoms with Crippen molar-refractivity contribution in [3.63, 3.8) is 0 Å². The number of hydrogen-bond acceptors (Lipinski definition) is 5. The minimum Gasteiger partial charge on any atom is -0.334 e. The highest BCUT2D eigenvalue weighted by Crippen LogP contribution is 2.36. The molecule has 2 aliphatic heterocycles. The fourth-order valence-corrected chi connectivity index (χ4v) is 4.10. The largest absolute Gasteiger partial charge is 0.334 e. The third-order valence-electron chi connectivity index (χ3n) is 5.42. The molecule has 1 unspecified atom stereocenters. The van der Waals surface area contributed by atoms with E-state index in [1.54, 1.807) is 0 Å². The van der Waals surface area contributed by atoms with Crippen molar-refractivity contribution in [3.8, 4) is 0 Å². The van der Waals surface area contributed by atoms with Crippen LogP contribution in [0, 0.1) is 6.92 Å². The number of anilines is 1. The van der Waals surface area contributed by atoms with Crippen molar-refractivity contribution >= 4 is 5.82 Å². The molecule has 5 nitrogen and oxygen atoms in total. The number of piperidine rings is 1. The van der Waals surface area contributed by atoms with E-state index in [1.807, 2.05) is 24.5 Å². The van der Waals surface area contributed by atoms with E-state index in [0.717, 1.165) is 44.7 Å². The highest BCUT2D eigenvalue weighted by atomic mass is 15.4. The predicted octanol–water partition coefficient (Wildman–Crippen LogP) is 1.89. The summed E-state index contributed by atoms with van der Waals surface area (Å²) in [6.45, 7) is 5.30. The molecule has 1 spiro atoms. The van der Waals surface area contributed by atoms with Gasteiger partial charge in [-0.2, -0.15) is 0 Å². The Labute approximate surface area is 143 Å². The highest BCUT2D eigenvalue weighted by Gasteiger charge is 2.47. The Hall–Kier alpha value is -1.98. The molecule has 4 rings (SSSR count).